The molecule has 3 N–H and O–H groups in total. The van der Waals surface area contributed by atoms with Gasteiger partial charge in [-0.15, -0.1) is 5.73 Å². The maximum absolute atomic E-state index is 10.8. The van der Waals surface area contributed by atoms with Gasteiger partial charge in [-0.25, -0.2) is 0 Å². The fraction of sp³-hybridized carbons (Fsp3) is 0.240. The molecule has 0 saturated carbocycles. The van der Waals surface area contributed by atoms with E-state index in [2.05, 4.69) is 5.73 Å². The van der Waals surface area contributed by atoms with Crippen molar-refractivity contribution in [1.29, 1.82) is 0 Å². The van der Waals surface area contributed by atoms with E-state index in [1.165, 1.54) is 24.3 Å². The quantitative estimate of drug-likeness (QED) is 0.224. The highest BCUT2D eigenvalue weighted by atomic mass is 16.6. The molecule has 172 valence electrons. The second-order valence-electron chi connectivity index (χ2n) is 7.34. The van der Waals surface area contributed by atoms with Gasteiger partial charge in [0.05, 0.1) is 11.0 Å². The van der Waals surface area contributed by atoms with E-state index in [0.717, 1.165) is 0 Å². The van der Waals surface area contributed by atoms with Crippen molar-refractivity contribution in [1.82, 2.24) is 0 Å². The number of nitro benzene ring substituents is 1. The molecule has 2 aromatic carbocycles. The third-order valence-corrected chi connectivity index (χ3v) is 4.90. The van der Waals surface area contributed by atoms with Gasteiger partial charge in [-0.2, -0.15) is 0 Å². The van der Waals surface area contributed by atoms with Gasteiger partial charge in [0.15, 0.2) is 0 Å². The largest absolute Gasteiger partial charge is 0.489 e. The summed E-state index contributed by atoms with van der Waals surface area (Å²) in [5, 5.41) is 40.9. The molecule has 0 amide bonds. The zero-order chi connectivity index (χ0) is 23.6. The molecule has 3 rings (SSSR count). The number of rotatable bonds is 11. The maximum Gasteiger partial charge on any atom is 0.269 e. The monoisotopic (exact) mass is 451 g/mol. The second kappa shape index (κ2) is 11.8. The summed E-state index contributed by atoms with van der Waals surface area (Å²) in [7, 11) is 0. The Bertz CT molecular complexity index is 1100. The first kappa shape index (κ1) is 24.0. The molecule has 0 aliphatic rings. The van der Waals surface area contributed by atoms with E-state index in [4.69, 9.17) is 14.3 Å². The first-order valence-electron chi connectivity index (χ1n) is 10.4. The van der Waals surface area contributed by atoms with Crippen LogP contribution in [0.3, 0.4) is 0 Å². The summed E-state index contributed by atoms with van der Waals surface area (Å²) in [5.41, 5.74) is 4.22. The Morgan fingerprint density at radius 2 is 1.79 bits per heavy atom. The van der Waals surface area contributed by atoms with Crippen molar-refractivity contribution in [3.8, 4) is 5.75 Å². The molecule has 0 saturated heterocycles. The minimum absolute atomic E-state index is 0.0507. The molecule has 1 aromatic heterocycles. The molecular formula is C25H25NO7. The summed E-state index contributed by atoms with van der Waals surface area (Å²) in [5.74, 6) is 1.37. The zero-order valence-electron chi connectivity index (χ0n) is 17.8. The second-order valence-corrected chi connectivity index (χ2v) is 7.34. The molecule has 0 radical (unpaired) electrons. The molecule has 1 heterocycles. The van der Waals surface area contributed by atoms with E-state index in [1.54, 1.807) is 18.2 Å². The summed E-state index contributed by atoms with van der Waals surface area (Å²) < 4.78 is 11.1. The molecule has 8 nitrogen and oxygen atoms in total. The third kappa shape index (κ3) is 7.17. The predicted octanol–water partition coefficient (Wildman–Crippen LogP) is 4.39. The van der Waals surface area contributed by atoms with Crippen molar-refractivity contribution in [2.45, 2.75) is 31.7 Å². The maximum atomic E-state index is 10.8. The number of ether oxygens (including phenoxy) is 1. The summed E-state index contributed by atoms with van der Waals surface area (Å²) in [6.07, 6.45) is 0.211. The normalized spacial score (nSPS) is 12.5. The van der Waals surface area contributed by atoms with Crippen molar-refractivity contribution < 1.29 is 29.4 Å². The Kier molecular flexibility index (Phi) is 8.57. The van der Waals surface area contributed by atoms with Crippen molar-refractivity contribution in [3.63, 3.8) is 0 Å². The van der Waals surface area contributed by atoms with E-state index in [1.807, 2.05) is 30.3 Å². The van der Waals surface area contributed by atoms with E-state index in [0.29, 0.717) is 28.4 Å². The minimum Gasteiger partial charge on any atom is -0.489 e. The Morgan fingerprint density at radius 3 is 2.42 bits per heavy atom. The van der Waals surface area contributed by atoms with Crippen LogP contribution in [-0.2, 0) is 6.61 Å². The van der Waals surface area contributed by atoms with Gasteiger partial charge in [-0.1, -0.05) is 18.2 Å². The van der Waals surface area contributed by atoms with Gasteiger partial charge < -0.3 is 24.5 Å². The van der Waals surface area contributed by atoms with Gasteiger partial charge in [0.1, 0.15) is 36.6 Å². The van der Waals surface area contributed by atoms with Crippen LogP contribution in [0.25, 0.3) is 0 Å². The van der Waals surface area contributed by atoms with Gasteiger partial charge in [0.25, 0.3) is 5.69 Å². The average Bonchev–Trinajstić information content (AvgIpc) is 3.32. The summed E-state index contributed by atoms with van der Waals surface area (Å²) >= 11 is 0. The molecule has 0 aliphatic carbocycles. The van der Waals surface area contributed by atoms with Crippen LogP contribution in [0.1, 0.15) is 42.1 Å². The third-order valence-electron chi connectivity index (χ3n) is 4.90. The first-order chi connectivity index (χ1) is 16.0. The molecule has 0 unspecified atom stereocenters. The van der Waals surface area contributed by atoms with Gasteiger partial charge in [-0.3, -0.25) is 10.1 Å². The summed E-state index contributed by atoms with van der Waals surface area (Å²) in [4.78, 5) is 10.3. The van der Waals surface area contributed by atoms with E-state index < -0.39 is 17.1 Å². The van der Waals surface area contributed by atoms with Crippen LogP contribution in [0.4, 0.5) is 5.69 Å². The van der Waals surface area contributed by atoms with E-state index >= 15 is 0 Å². The number of para-hydroxylation sites is 1. The van der Waals surface area contributed by atoms with Crippen LogP contribution in [-0.4, -0.2) is 26.8 Å². The van der Waals surface area contributed by atoms with Gasteiger partial charge in [0, 0.05) is 30.5 Å². The molecule has 33 heavy (non-hydrogen) atoms. The number of benzene rings is 2. The van der Waals surface area contributed by atoms with Crippen molar-refractivity contribution >= 4 is 5.69 Å². The summed E-state index contributed by atoms with van der Waals surface area (Å²) in [6, 6.07) is 18.1. The van der Waals surface area contributed by atoms with E-state index in [9.17, 15) is 20.3 Å². The number of nitrogens with zero attached hydrogens (tertiary/aromatic N) is 1. The number of nitro groups is 1. The SMILES string of the molecule is O=[N+]([O-])c1ccc([C@H](O)CC(=C=CC[C@@H](O)c2ccc(CO)o2)COc2ccccc2)cc1. The Morgan fingerprint density at radius 1 is 1.06 bits per heavy atom. The highest BCUT2D eigenvalue weighted by molar-refractivity contribution is 5.34. The standard InChI is InChI=1S/C25H25NO7/c27-16-22-13-14-25(33-22)23(28)8-4-5-18(17-32-21-6-2-1-3-7-21)15-24(29)19-9-11-20(12-10-19)26(30)31/h1-4,6-7,9-14,23-24,27-29H,8,15-17H2/t5?,23-,24-/m1/s1. The number of non-ortho nitro benzene ring substituents is 1. The summed E-state index contributed by atoms with van der Waals surface area (Å²) in [6.45, 7) is -0.0833. The lowest BCUT2D eigenvalue weighted by Gasteiger charge is -2.13. The smallest absolute Gasteiger partial charge is 0.269 e. The zero-order valence-corrected chi connectivity index (χ0v) is 17.8. The number of aliphatic hydroxyl groups is 3. The Labute approximate surface area is 190 Å². The molecule has 0 aliphatic heterocycles. The van der Waals surface area contributed by atoms with E-state index in [-0.39, 0.29) is 31.7 Å². The van der Waals surface area contributed by atoms with Crippen LogP contribution in [0.5, 0.6) is 5.75 Å². The molecule has 0 spiro atoms. The fourth-order valence-corrected chi connectivity index (χ4v) is 3.11. The lowest BCUT2D eigenvalue weighted by atomic mass is 10.0. The molecule has 8 heteroatoms. The minimum atomic E-state index is -0.914. The van der Waals surface area contributed by atoms with Crippen molar-refractivity contribution in [2.75, 3.05) is 6.61 Å². The highest BCUT2D eigenvalue weighted by Crippen LogP contribution is 2.24. The molecular weight excluding hydrogens is 426 g/mol. The van der Waals surface area contributed by atoms with Gasteiger partial charge in [0.2, 0.25) is 0 Å². The topological polar surface area (TPSA) is 126 Å². The molecule has 3 aromatic rings. The van der Waals surface area contributed by atoms with Gasteiger partial charge in [-0.05, 0) is 48.0 Å². The van der Waals surface area contributed by atoms with Crippen LogP contribution < -0.4 is 4.74 Å². The van der Waals surface area contributed by atoms with Crippen molar-refractivity contribution in [2.24, 2.45) is 0 Å². The lowest BCUT2D eigenvalue weighted by Crippen LogP contribution is -2.06. The fourth-order valence-electron chi connectivity index (χ4n) is 3.11. The molecule has 0 fully saturated rings. The predicted molar refractivity (Wildman–Crippen MR) is 120 cm³/mol. The first-order valence-corrected chi connectivity index (χ1v) is 10.4. The molecule has 2 atom stereocenters. The average molecular weight is 451 g/mol. The number of furan rings is 1. The lowest BCUT2D eigenvalue weighted by molar-refractivity contribution is -0.384. The van der Waals surface area contributed by atoms with Crippen LogP contribution in [0.2, 0.25) is 0 Å². The molecule has 0 bridgehead atoms. The number of hydrogen-bond acceptors (Lipinski definition) is 7. The highest BCUT2D eigenvalue weighted by Gasteiger charge is 2.14. The number of aliphatic hydroxyl groups excluding tert-OH is 3. The van der Waals surface area contributed by atoms with Crippen LogP contribution in [0.15, 0.2) is 88.5 Å². The number of hydrogen-bond donors (Lipinski definition) is 3. The van der Waals surface area contributed by atoms with Crippen LogP contribution >= 0.6 is 0 Å². The van der Waals surface area contributed by atoms with Crippen LogP contribution in [0, 0.1) is 10.1 Å². The Balaban J connectivity index is 1.72. The van der Waals surface area contributed by atoms with Crippen molar-refractivity contribution in [3.05, 3.63) is 111 Å². The Hall–Kier alpha value is -3.68. The van der Waals surface area contributed by atoms with Gasteiger partial charge >= 0.3 is 0 Å².